The molecule has 0 saturated carbocycles. The highest BCUT2D eigenvalue weighted by Crippen LogP contribution is 2.17. The van der Waals surface area contributed by atoms with Gasteiger partial charge in [-0.05, 0) is 24.6 Å². The standard InChI is InChI=1S/C14H16ClFN4O2/c1-9(8-21)18-14(22)19-13-4-5-17-20(13)7-10-2-3-11(15)12(16)6-10/h2-6,9,21H,7-8H2,1H3,(H2,18,19,22)/t9-/m0/s1. The second-order valence-corrected chi connectivity index (χ2v) is 5.21. The van der Waals surface area contributed by atoms with Crippen LogP contribution < -0.4 is 10.6 Å². The number of carbonyl (C=O) groups is 1. The number of rotatable bonds is 5. The van der Waals surface area contributed by atoms with Crippen LogP contribution in [0, 0.1) is 5.82 Å². The average Bonchev–Trinajstić information content (AvgIpc) is 2.89. The van der Waals surface area contributed by atoms with E-state index in [1.54, 1.807) is 19.1 Å². The van der Waals surface area contributed by atoms with E-state index in [2.05, 4.69) is 15.7 Å². The highest BCUT2D eigenvalue weighted by molar-refractivity contribution is 6.30. The molecule has 1 atom stereocenters. The number of benzene rings is 1. The highest BCUT2D eigenvalue weighted by atomic mass is 35.5. The van der Waals surface area contributed by atoms with Gasteiger partial charge in [0, 0.05) is 6.07 Å². The lowest BCUT2D eigenvalue weighted by atomic mass is 10.2. The Hall–Kier alpha value is -2.12. The van der Waals surface area contributed by atoms with Crippen LogP contribution in [-0.2, 0) is 6.54 Å². The molecule has 0 aliphatic rings. The van der Waals surface area contributed by atoms with Gasteiger partial charge in [-0.15, -0.1) is 0 Å². The molecule has 1 heterocycles. The first kappa shape index (κ1) is 16.3. The van der Waals surface area contributed by atoms with Crippen molar-refractivity contribution in [3.05, 3.63) is 46.9 Å². The summed E-state index contributed by atoms with van der Waals surface area (Å²) in [5, 5.41) is 18.2. The topological polar surface area (TPSA) is 79.2 Å². The van der Waals surface area contributed by atoms with E-state index in [4.69, 9.17) is 16.7 Å². The van der Waals surface area contributed by atoms with Crippen molar-refractivity contribution in [3.8, 4) is 0 Å². The van der Waals surface area contributed by atoms with E-state index in [0.29, 0.717) is 11.4 Å². The van der Waals surface area contributed by atoms with Crippen molar-refractivity contribution in [1.29, 1.82) is 0 Å². The summed E-state index contributed by atoms with van der Waals surface area (Å²) in [6, 6.07) is 5.28. The lowest BCUT2D eigenvalue weighted by Gasteiger charge is -2.13. The zero-order chi connectivity index (χ0) is 16.1. The third kappa shape index (κ3) is 4.19. The third-order valence-corrected chi connectivity index (χ3v) is 3.23. The molecule has 0 aliphatic carbocycles. The van der Waals surface area contributed by atoms with Gasteiger partial charge in [0.15, 0.2) is 0 Å². The van der Waals surface area contributed by atoms with Crippen LogP contribution in [0.3, 0.4) is 0 Å². The molecule has 1 aromatic heterocycles. The molecule has 0 bridgehead atoms. The number of amides is 2. The molecule has 22 heavy (non-hydrogen) atoms. The van der Waals surface area contributed by atoms with E-state index in [1.807, 2.05) is 0 Å². The molecule has 6 nitrogen and oxygen atoms in total. The van der Waals surface area contributed by atoms with Crippen molar-refractivity contribution in [2.24, 2.45) is 0 Å². The van der Waals surface area contributed by atoms with Gasteiger partial charge < -0.3 is 10.4 Å². The normalized spacial score (nSPS) is 12.0. The van der Waals surface area contributed by atoms with Crippen LogP contribution in [0.5, 0.6) is 0 Å². The average molecular weight is 327 g/mol. The van der Waals surface area contributed by atoms with Crippen LogP contribution in [0.15, 0.2) is 30.5 Å². The maximum absolute atomic E-state index is 13.4. The first-order chi connectivity index (χ1) is 10.5. The monoisotopic (exact) mass is 326 g/mol. The second kappa shape index (κ2) is 7.24. The number of aliphatic hydroxyl groups excluding tert-OH is 1. The van der Waals surface area contributed by atoms with Crippen LogP contribution in [-0.4, -0.2) is 33.6 Å². The van der Waals surface area contributed by atoms with E-state index < -0.39 is 11.8 Å². The van der Waals surface area contributed by atoms with Crippen LogP contribution in [0.1, 0.15) is 12.5 Å². The van der Waals surface area contributed by atoms with Gasteiger partial charge in [-0.25, -0.2) is 13.9 Å². The van der Waals surface area contributed by atoms with Crippen molar-refractivity contribution >= 4 is 23.4 Å². The molecule has 1 aromatic carbocycles. The summed E-state index contributed by atoms with van der Waals surface area (Å²) >= 11 is 5.64. The summed E-state index contributed by atoms with van der Waals surface area (Å²) in [7, 11) is 0. The van der Waals surface area contributed by atoms with Crippen molar-refractivity contribution in [2.75, 3.05) is 11.9 Å². The smallest absolute Gasteiger partial charge is 0.320 e. The number of anilines is 1. The Morgan fingerprint density at radius 2 is 2.27 bits per heavy atom. The molecule has 0 unspecified atom stereocenters. The summed E-state index contributed by atoms with van der Waals surface area (Å²) in [4.78, 5) is 11.7. The molecule has 8 heteroatoms. The fraction of sp³-hybridized carbons (Fsp3) is 0.286. The van der Waals surface area contributed by atoms with Gasteiger partial charge in [0.25, 0.3) is 0 Å². The number of nitrogens with zero attached hydrogens (tertiary/aromatic N) is 2. The molecule has 0 fully saturated rings. The van der Waals surface area contributed by atoms with Crippen LogP contribution in [0.4, 0.5) is 15.0 Å². The van der Waals surface area contributed by atoms with E-state index in [-0.39, 0.29) is 24.2 Å². The summed E-state index contributed by atoms with van der Waals surface area (Å²) in [6.07, 6.45) is 1.53. The lowest BCUT2D eigenvalue weighted by molar-refractivity contribution is 0.229. The molecule has 0 spiro atoms. The molecule has 2 rings (SSSR count). The SMILES string of the molecule is C[C@@H](CO)NC(=O)Nc1ccnn1Cc1ccc(Cl)c(F)c1. The van der Waals surface area contributed by atoms with Gasteiger partial charge in [-0.2, -0.15) is 5.10 Å². The Balaban J connectivity index is 2.06. The van der Waals surface area contributed by atoms with Gasteiger partial charge in [-0.3, -0.25) is 5.32 Å². The summed E-state index contributed by atoms with van der Waals surface area (Å²) < 4.78 is 15.0. The summed E-state index contributed by atoms with van der Waals surface area (Å²) in [5.41, 5.74) is 0.665. The molecular weight excluding hydrogens is 311 g/mol. The van der Waals surface area contributed by atoms with Gasteiger partial charge in [0.1, 0.15) is 11.6 Å². The number of carbonyl (C=O) groups excluding carboxylic acids is 1. The van der Waals surface area contributed by atoms with Gasteiger partial charge >= 0.3 is 6.03 Å². The highest BCUT2D eigenvalue weighted by Gasteiger charge is 2.10. The number of hydrogen-bond donors (Lipinski definition) is 3. The molecule has 0 saturated heterocycles. The molecule has 0 aliphatic heterocycles. The fourth-order valence-electron chi connectivity index (χ4n) is 1.80. The Labute approximate surface area is 131 Å². The Kier molecular flexibility index (Phi) is 5.35. The quantitative estimate of drug-likeness (QED) is 0.788. The number of halogens is 2. The molecule has 0 radical (unpaired) electrons. The minimum Gasteiger partial charge on any atom is -0.394 e. The minimum atomic E-state index is -0.504. The van der Waals surface area contributed by atoms with Gasteiger partial charge in [0.05, 0.1) is 30.4 Å². The van der Waals surface area contributed by atoms with E-state index in [9.17, 15) is 9.18 Å². The maximum Gasteiger partial charge on any atom is 0.320 e. The number of urea groups is 1. The first-order valence-corrected chi connectivity index (χ1v) is 7.01. The van der Waals surface area contributed by atoms with Crippen molar-refractivity contribution in [1.82, 2.24) is 15.1 Å². The zero-order valence-electron chi connectivity index (χ0n) is 11.9. The van der Waals surface area contributed by atoms with Crippen LogP contribution in [0.25, 0.3) is 0 Å². The molecule has 2 aromatic rings. The van der Waals surface area contributed by atoms with E-state index in [0.717, 1.165) is 0 Å². The zero-order valence-corrected chi connectivity index (χ0v) is 12.6. The van der Waals surface area contributed by atoms with Crippen molar-refractivity contribution in [3.63, 3.8) is 0 Å². The maximum atomic E-state index is 13.4. The van der Waals surface area contributed by atoms with Gasteiger partial charge in [0.2, 0.25) is 0 Å². The Morgan fingerprint density at radius 1 is 1.50 bits per heavy atom. The largest absolute Gasteiger partial charge is 0.394 e. The van der Waals surface area contributed by atoms with E-state index >= 15 is 0 Å². The molecule has 118 valence electrons. The van der Waals surface area contributed by atoms with Crippen molar-refractivity contribution < 1.29 is 14.3 Å². The molecule has 2 amide bonds. The number of aromatic nitrogens is 2. The predicted octanol–water partition coefficient (Wildman–Crippen LogP) is 2.23. The van der Waals surface area contributed by atoms with Crippen LogP contribution in [0.2, 0.25) is 5.02 Å². The summed E-state index contributed by atoms with van der Waals surface area (Å²) in [5.74, 6) is -0.0478. The number of nitrogens with one attached hydrogen (secondary N) is 2. The second-order valence-electron chi connectivity index (χ2n) is 4.80. The molecule has 3 N–H and O–H groups in total. The van der Waals surface area contributed by atoms with Gasteiger partial charge in [-0.1, -0.05) is 17.7 Å². The van der Waals surface area contributed by atoms with Crippen molar-refractivity contribution in [2.45, 2.75) is 19.5 Å². The Morgan fingerprint density at radius 3 is 2.95 bits per heavy atom. The lowest BCUT2D eigenvalue weighted by Crippen LogP contribution is -2.38. The fourth-order valence-corrected chi connectivity index (χ4v) is 1.92. The minimum absolute atomic E-state index is 0.0555. The third-order valence-electron chi connectivity index (χ3n) is 2.93. The summed E-state index contributed by atoms with van der Waals surface area (Å²) in [6.45, 7) is 1.80. The number of hydrogen-bond acceptors (Lipinski definition) is 3. The molecular formula is C14H16ClFN4O2. The first-order valence-electron chi connectivity index (χ1n) is 6.63. The predicted molar refractivity (Wildman–Crippen MR) is 81.4 cm³/mol. The van der Waals surface area contributed by atoms with E-state index in [1.165, 1.54) is 23.0 Å². The van der Waals surface area contributed by atoms with Crippen LogP contribution >= 0.6 is 11.6 Å². The number of aliphatic hydroxyl groups is 1. The Bertz CT molecular complexity index is 662.